The molecule has 122 valence electrons. The van der Waals surface area contributed by atoms with E-state index in [2.05, 4.69) is 0 Å². The molecule has 1 amide bonds. The molecule has 1 aromatic rings. The van der Waals surface area contributed by atoms with Gasteiger partial charge in [0.25, 0.3) is 5.91 Å². The lowest BCUT2D eigenvalue weighted by Crippen LogP contribution is -2.42. The Labute approximate surface area is 131 Å². The van der Waals surface area contributed by atoms with Gasteiger partial charge in [-0.05, 0) is 31.0 Å². The van der Waals surface area contributed by atoms with Gasteiger partial charge in [0.15, 0.2) is 9.84 Å². The van der Waals surface area contributed by atoms with Crippen molar-refractivity contribution in [2.45, 2.75) is 18.9 Å². The third-order valence-corrected chi connectivity index (χ3v) is 5.54. The van der Waals surface area contributed by atoms with Crippen LogP contribution in [0.2, 0.25) is 0 Å². The van der Waals surface area contributed by atoms with E-state index in [1.165, 1.54) is 0 Å². The van der Waals surface area contributed by atoms with E-state index in [0.29, 0.717) is 37.2 Å². The molecule has 1 aliphatic heterocycles. The van der Waals surface area contributed by atoms with Crippen molar-refractivity contribution >= 4 is 21.4 Å². The number of ether oxygens (including phenoxy) is 1. The maximum absolute atomic E-state index is 12.7. The van der Waals surface area contributed by atoms with Crippen LogP contribution < -0.4 is 5.73 Å². The van der Waals surface area contributed by atoms with Crippen molar-refractivity contribution in [3.05, 3.63) is 29.8 Å². The number of methoxy groups -OCH3 is 1. The predicted octanol–water partition coefficient (Wildman–Crippen LogP) is 0.935. The zero-order valence-electron chi connectivity index (χ0n) is 12.7. The molecule has 1 saturated heterocycles. The summed E-state index contributed by atoms with van der Waals surface area (Å²) < 4.78 is 28.4. The van der Waals surface area contributed by atoms with E-state index in [-0.39, 0.29) is 23.5 Å². The lowest BCUT2D eigenvalue weighted by atomic mass is 10.1. The Morgan fingerprint density at radius 2 is 2.23 bits per heavy atom. The molecule has 1 aliphatic rings. The van der Waals surface area contributed by atoms with Crippen molar-refractivity contribution in [2.24, 2.45) is 0 Å². The Morgan fingerprint density at radius 3 is 2.82 bits per heavy atom. The topological polar surface area (TPSA) is 89.7 Å². The van der Waals surface area contributed by atoms with Gasteiger partial charge in [0, 0.05) is 37.6 Å². The molecule has 22 heavy (non-hydrogen) atoms. The summed E-state index contributed by atoms with van der Waals surface area (Å²) in [6, 6.07) is 6.49. The summed E-state index contributed by atoms with van der Waals surface area (Å²) in [7, 11) is -1.44. The smallest absolute Gasteiger partial charge is 0.254 e. The number of carbonyl (C=O) groups excluding carboxylic acids is 1. The normalized spacial score (nSPS) is 20.0. The Kier molecular flexibility index (Phi) is 5.42. The lowest BCUT2D eigenvalue weighted by molar-refractivity contribution is 0.0674. The number of benzene rings is 1. The average Bonchev–Trinajstić information content (AvgIpc) is 2.83. The Bertz CT molecular complexity index is 630. The van der Waals surface area contributed by atoms with Crippen LogP contribution >= 0.6 is 0 Å². The van der Waals surface area contributed by atoms with Crippen LogP contribution in [0.1, 0.15) is 23.2 Å². The number of nitrogens with two attached hydrogens (primary N) is 1. The Balaban J connectivity index is 2.18. The minimum atomic E-state index is -3.04. The van der Waals surface area contributed by atoms with Crippen LogP contribution in [-0.2, 0) is 14.6 Å². The summed E-state index contributed by atoms with van der Waals surface area (Å²) in [5.41, 5.74) is 6.73. The van der Waals surface area contributed by atoms with Crippen molar-refractivity contribution in [3.8, 4) is 0 Å². The van der Waals surface area contributed by atoms with E-state index >= 15 is 0 Å². The van der Waals surface area contributed by atoms with E-state index in [4.69, 9.17) is 10.5 Å². The fraction of sp³-hybridized carbons (Fsp3) is 0.533. The molecule has 0 radical (unpaired) electrons. The molecule has 0 saturated carbocycles. The van der Waals surface area contributed by atoms with Crippen molar-refractivity contribution in [2.75, 3.05) is 37.5 Å². The third kappa shape index (κ3) is 4.20. The molecule has 0 spiro atoms. The maximum atomic E-state index is 12.7. The molecule has 2 rings (SSSR count). The van der Waals surface area contributed by atoms with Gasteiger partial charge in [0.2, 0.25) is 0 Å². The van der Waals surface area contributed by atoms with Gasteiger partial charge in [-0.15, -0.1) is 0 Å². The lowest BCUT2D eigenvalue weighted by Gasteiger charge is -2.28. The predicted molar refractivity (Wildman–Crippen MR) is 85.4 cm³/mol. The highest BCUT2D eigenvalue weighted by atomic mass is 32.2. The molecule has 1 atom stereocenters. The van der Waals surface area contributed by atoms with E-state index in [9.17, 15) is 13.2 Å². The first-order valence-electron chi connectivity index (χ1n) is 7.29. The van der Waals surface area contributed by atoms with Crippen LogP contribution in [-0.4, -0.2) is 57.0 Å². The van der Waals surface area contributed by atoms with Crippen LogP contribution in [0.4, 0.5) is 5.69 Å². The fourth-order valence-corrected chi connectivity index (χ4v) is 4.42. The van der Waals surface area contributed by atoms with Crippen molar-refractivity contribution < 1.29 is 17.9 Å². The zero-order valence-corrected chi connectivity index (χ0v) is 13.5. The van der Waals surface area contributed by atoms with E-state index in [1.807, 2.05) is 0 Å². The summed E-state index contributed by atoms with van der Waals surface area (Å²) in [4.78, 5) is 14.4. The third-order valence-electron chi connectivity index (χ3n) is 3.79. The zero-order chi connectivity index (χ0) is 16.2. The van der Waals surface area contributed by atoms with Gasteiger partial charge in [0.1, 0.15) is 0 Å². The second-order valence-corrected chi connectivity index (χ2v) is 7.76. The van der Waals surface area contributed by atoms with Gasteiger partial charge in [-0.1, -0.05) is 6.07 Å². The van der Waals surface area contributed by atoms with Crippen LogP contribution in [0.15, 0.2) is 24.3 Å². The second kappa shape index (κ2) is 7.11. The van der Waals surface area contributed by atoms with Gasteiger partial charge in [-0.25, -0.2) is 8.42 Å². The van der Waals surface area contributed by atoms with E-state index in [0.717, 1.165) is 0 Å². The van der Waals surface area contributed by atoms with Crippen molar-refractivity contribution in [1.82, 2.24) is 4.90 Å². The number of hydrogen-bond donors (Lipinski definition) is 1. The number of anilines is 1. The van der Waals surface area contributed by atoms with Gasteiger partial charge in [0.05, 0.1) is 11.5 Å². The largest absolute Gasteiger partial charge is 0.399 e. The highest BCUT2D eigenvalue weighted by molar-refractivity contribution is 7.91. The molecule has 0 bridgehead atoms. The summed E-state index contributed by atoms with van der Waals surface area (Å²) in [5, 5.41) is 0. The SMILES string of the molecule is COCCCN(C(=O)c1cccc(N)c1)C1CCS(=O)(=O)C1. The van der Waals surface area contributed by atoms with Gasteiger partial charge < -0.3 is 15.4 Å². The number of sulfone groups is 1. The van der Waals surface area contributed by atoms with E-state index in [1.54, 1.807) is 36.3 Å². The van der Waals surface area contributed by atoms with Gasteiger partial charge in [-0.3, -0.25) is 4.79 Å². The first-order valence-corrected chi connectivity index (χ1v) is 9.11. The summed E-state index contributed by atoms with van der Waals surface area (Å²) >= 11 is 0. The number of hydrogen-bond acceptors (Lipinski definition) is 5. The minimum absolute atomic E-state index is 0.0358. The summed E-state index contributed by atoms with van der Waals surface area (Å²) in [5.74, 6) is 0.00181. The first kappa shape index (κ1) is 16.8. The highest BCUT2D eigenvalue weighted by Gasteiger charge is 2.34. The van der Waals surface area contributed by atoms with Crippen LogP contribution in [0.5, 0.6) is 0 Å². The number of nitrogens with zero attached hydrogens (tertiary/aromatic N) is 1. The molecule has 0 aliphatic carbocycles. The second-order valence-electron chi connectivity index (χ2n) is 5.53. The Morgan fingerprint density at radius 1 is 1.45 bits per heavy atom. The quantitative estimate of drug-likeness (QED) is 0.620. The van der Waals surface area contributed by atoms with Gasteiger partial charge in [-0.2, -0.15) is 0 Å². The molecule has 1 heterocycles. The van der Waals surface area contributed by atoms with Crippen molar-refractivity contribution in [3.63, 3.8) is 0 Å². The van der Waals surface area contributed by atoms with Crippen molar-refractivity contribution in [1.29, 1.82) is 0 Å². The monoisotopic (exact) mass is 326 g/mol. The maximum Gasteiger partial charge on any atom is 0.254 e. The molecule has 2 N–H and O–H groups in total. The number of rotatable bonds is 6. The van der Waals surface area contributed by atoms with Crippen LogP contribution in [0.3, 0.4) is 0 Å². The minimum Gasteiger partial charge on any atom is -0.399 e. The van der Waals surface area contributed by atoms with Crippen LogP contribution in [0, 0.1) is 0 Å². The fourth-order valence-electron chi connectivity index (χ4n) is 2.69. The molecule has 0 aromatic heterocycles. The standard InChI is InChI=1S/C15H22N2O4S/c1-21-8-3-7-17(14-6-9-22(19,20)11-14)15(18)12-4-2-5-13(16)10-12/h2,4-5,10,14H,3,6-9,11,16H2,1H3. The molecular weight excluding hydrogens is 304 g/mol. The molecular formula is C15H22N2O4S. The Hall–Kier alpha value is -1.60. The highest BCUT2D eigenvalue weighted by Crippen LogP contribution is 2.21. The van der Waals surface area contributed by atoms with Gasteiger partial charge >= 0.3 is 0 Å². The van der Waals surface area contributed by atoms with Crippen LogP contribution in [0.25, 0.3) is 0 Å². The average molecular weight is 326 g/mol. The number of carbonyl (C=O) groups is 1. The number of nitrogen functional groups attached to an aromatic ring is 1. The molecule has 1 unspecified atom stereocenters. The molecule has 6 nitrogen and oxygen atoms in total. The molecule has 1 fully saturated rings. The molecule has 1 aromatic carbocycles. The number of amides is 1. The summed E-state index contributed by atoms with van der Waals surface area (Å²) in [6.07, 6.45) is 1.16. The van der Waals surface area contributed by atoms with E-state index < -0.39 is 9.84 Å². The first-order chi connectivity index (χ1) is 10.4. The molecule has 7 heteroatoms. The summed E-state index contributed by atoms with van der Waals surface area (Å²) in [6.45, 7) is 1.00.